The minimum absolute atomic E-state index is 0.0270. The summed E-state index contributed by atoms with van der Waals surface area (Å²) in [5.74, 6) is 0.381. The van der Waals surface area contributed by atoms with E-state index in [2.05, 4.69) is 40.7 Å². The Morgan fingerprint density at radius 2 is 2.06 bits per heavy atom. The van der Waals surface area contributed by atoms with Crippen molar-refractivity contribution in [1.29, 1.82) is 0 Å². The van der Waals surface area contributed by atoms with Crippen molar-refractivity contribution in [2.45, 2.75) is 25.2 Å². The second kappa shape index (κ2) is 8.67. The number of carbonyl (C=O) groups excluding carboxylic acids is 1. The van der Waals surface area contributed by atoms with E-state index in [1.165, 1.54) is 18.6 Å². The first kappa shape index (κ1) is 22.8. The first-order valence-electron chi connectivity index (χ1n) is 10.2. The van der Waals surface area contributed by atoms with Crippen LogP contribution in [0, 0.1) is 0 Å². The maximum Gasteiger partial charge on any atom is 0.416 e. The van der Waals surface area contributed by atoms with Crippen LogP contribution in [0.3, 0.4) is 0 Å². The van der Waals surface area contributed by atoms with E-state index in [0.717, 1.165) is 12.1 Å². The topological polar surface area (TPSA) is 134 Å². The van der Waals surface area contributed by atoms with Gasteiger partial charge in [0.2, 0.25) is 0 Å². The molecule has 1 aromatic carbocycles. The molecular weight excluding hydrogens is 489 g/mol. The fourth-order valence-corrected chi connectivity index (χ4v) is 3.76. The summed E-state index contributed by atoms with van der Waals surface area (Å²) in [6, 6.07) is 2.27. The maximum atomic E-state index is 13.0. The molecule has 1 amide bonds. The summed E-state index contributed by atoms with van der Waals surface area (Å²) < 4.78 is 38.9. The van der Waals surface area contributed by atoms with Crippen LogP contribution in [0.5, 0.6) is 0 Å². The Hall–Kier alpha value is -3.97. The third-order valence-corrected chi connectivity index (χ3v) is 5.66. The van der Waals surface area contributed by atoms with E-state index >= 15 is 0 Å². The molecule has 0 saturated carbocycles. The Morgan fingerprint density at radius 3 is 2.80 bits per heavy atom. The van der Waals surface area contributed by atoms with E-state index in [-0.39, 0.29) is 33.5 Å². The summed E-state index contributed by atoms with van der Waals surface area (Å²) >= 11 is 6.34. The predicted molar refractivity (Wildman–Crippen MR) is 119 cm³/mol. The number of amides is 1. The molecule has 1 aliphatic heterocycles. The highest BCUT2D eigenvalue weighted by molar-refractivity contribution is 6.35. The van der Waals surface area contributed by atoms with Crippen LogP contribution >= 0.6 is 11.6 Å². The number of aromatic amines is 2. The number of H-pyrrole nitrogens is 2. The highest BCUT2D eigenvalue weighted by Gasteiger charge is 2.31. The molecule has 2 atom stereocenters. The monoisotopic (exact) mass is 504 g/mol. The number of hydrogen-bond acceptors (Lipinski definition) is 7. The van der Waals surface area contributed by atoms with Crippen molar-refractivity contribution in [3.63, 3.8) is 0 Å². The molecule has 1 aliphatic rings. The third-order valence-electron chi connectivity index (χ3n) is 5.30. The average molecular weight is 505 g/mol. The van der Waals surface area contributed by atoms with E-state index < -0.39 is 29.7 Å². The van der Waals surface area contributed by atoms with Gasteiger partial charge in [-0.05, 0) is 31.2 Å². The first-order chi connectivity index (χ1) is 16.7. The zero-order valence-corrected chi connectivity index (χ0v) is 18.6. The molecule has 0 spiro atoms. The third kappa shape index (κ3) is 4.42. The Bertz CT molecular complexity index is 1430. The first-order valence-corrected chi connectivity index (χ1v) is 10.6. The van der Waals surface area contributed by atoms with Crippen LogP contribution in [0.25, 0.3) is 28.3 Å². The van der Waals surface area contributed by atoms with Crippen molar-refractivity contribution < 1.29 is 22.8 Å². The molecule has 0 bridgehead atoms. The quantitative estimate of drug-likeness (QED) is 0.327. The second-order valence-electron chi connectivity index (χ2n) is 7.68. The molecule has 180 valence electrons. The van der Waals surface area contributed by atoms with Crippen molar-refractivity contribution in [2.75, 3.05) is 0 Å². The highest BCUT2D eigenvalue weighted by Crippen LogP contribution is 2.32. The second-order valence-corrected chi connectivity index (χ2v) is 8.05. The number of benzene rings is 1. The molecule has 4 N–H and O–H groups in total. The Morgan fingerprint density at radius 1 is 1.23 bits per heavy atom. The molecule has 14 heteroatoms. The fourth-order valence-electron chi connectivity index (χ4n) is 3.49. The van der Waals surface area contributed by atoms with Gasteiger partial charge in [-0.2, -0.15) is 13.2 Å². The molecule has 1 unspecified atom stereocenters. The van der Waals surface area contributed by atoms with E-state index in [9.17, 15) is 18.0 Å². The molecule has 10 nitrogen and oxygen atoms in total. The fraction of sp³-hybridized carbons (Fsp3) is 0.190. The number of halogens is 4. The summed E-state index contributed by atoms with van der Waals surface area (Å²) in [4.78, 5) is 40.4. The van der Waals surface area contributed by atoms with Gasteiger partial charge in [-0.15, -0.1) is 5.48 Å². The van der Waals surface area contributed by atoms with Gasteiger partial charge in [-0.1, -0.05) is 11.6 Å². The molecule has 0 aliphatic carbocycles. The van der Waals surface area contributed by atoms with Crippen molar-refractivity contribution in [1.82, 2.24) is 40.7 Å². The Kier molecular flexibility index (Phi) is 5.65. The smallest absolute Gasteiger partial charge is 0.404 e. The number of carbonyl (C=O) groups is 1. The molecule has 0 radical (unpaired) electrons. The lowest BCUT2D eigenvalue weighted by Gasteiger charge is -2.18. The van der Waals surface area contributed by atoms with Gasteiger partial charge >= 0.3 is 6.18 Å². The van der Waals surface area contributed by atoms with Crippen LogP contribution < -0.4 is 10.8 Å². The minimum atomic E-state index is -4.46. The molecule has 0 saturated heterocycles. The lowest BCUT2D eigenvalue weighted by Crippen LogP contribution is -2.45. The predicted octanol–water partition coefficient (Wildman–Crippen LogP) is 3.48. The lowest BCUT2D eigenvalue weighted by molar-refractivity contribution is -0.137. The Labute approximate surface area is 200 Å². The number of nitrogens with zero attached hydrogens (tertiary/aromatic N) is 4. The number of nitrogens with one attached hydrogen (secondary N) is 4. The van der Waals surface area contributed by atoms with Crippen LogP contribution in [0.15, 0.2) is 43.0 Å². The van der Waals surface area contributed by atoms with Gasteiger partial charge in [-0.3, -0.25) is 4.79 Å². The van der Waals surface area contributed by atoms with Gasteiger partial charge in [0, 0.05) is 18.4 Å². The average Bonchev–Trinajstić information content (AvgIpc) is 3.58. The number of hydroxylamine groups is 1. The molecule has 4 aromatic rings. The van der Waals surface area contributed by atoms with Crippen LogP contribution in [-0.2, 0) is 11.0 Å². The van der Waals surface area contributed by atoms with Gasteiger partial charge in [0.1, 0.15) is 17.0 Å². The number of hydrogen-bond donors (Lipinski definition) is 4. The van der Waals surface area contributed by atoms with Gasteiger partial charge in [-0.25, -0.2) is 19.9 Å². The summed E-state index contributed by atoms with van der Waals surface area (Å²) in [5, 5.41) is 2.83. The molecule has 3 aromatic heterocycles. The van der Waals surface area contributed by atoms with Gasteiger partial charge in [0.05, 0.1) is 22.6 Å². The Balaban J connectivity index is 1.32. The zero-order chi connectivity index (χ0) is 24.7. The van der Waals surface area contributed by atoms with E-state index in [4.69, 9.17) is 16.4 Å². The van der Waals surface area contributed by atoms with Crippen LogP contribution in [0.2, 0.25) is 5.02 Å². The molecule has 35 heavy (non-hydrogen) atoms. The lowest BCUT2D eigenvalue weighted by atomic mass is 10.1. The summed E-state index contributed by atoms with van der Waals surface area (Å²) in [5.41, 5.74) is 2.81. The summed E-state index contributed by atoms with van der Waals surface area (Å²) in [6.45, 7) is 1.73. The van der Waals surface area contributed by atoms with E-state index in [1.54, 1.807) is 19.2 Å². The van der Waals surface area contributed by atoms with Crippen LogP contribution in [0.4, 0.5) is 13.2 Å². The van der Waals surface area contributed by atoms with Crippen molar-refractivity contribution in [2.24, 2.45) is 0 Å². The van der Waals surface area contributed by atoms with Crippen molar-refractivity contribution in [3.05, 3.63) is 65.1 Å². The maximum absolute atomic E-state index is 13.0. The van der Waals surface area contributed by atoms with Gasteiger partial charge < -0.3 is 20.1 Å². The molecule has 0 fully saturated rings. The van der Waals surface area contributed by atoms with Crippen molar-refractivity contribution >= 4 is 34.3 Å². The summed E-state index contributed by atoms with van der Waals surface area (Å²) in [7, 11) is 0. The normalized spacial score (nSPS) is 16.7. The van der Waals surface area contributed by atoms with Crippen LogP contribution in [-0.4, -0.2) is 47.9 Å². The number of fused-ring (bicyclic) bond motifs is 1. The minimum Gasteiger partial charge on any atom is -0.404 e. The zero-order valence-electron chi connectivity index (χ0n) is 17.8. The molecule has 4 heterocycles. The number of aromatic nitrogens is 6. The van der Waals surface area contributed by atoms with E-state index in [0.29, 0.717) is 11.3 Å². The van der Waals surface area contributed by atoms with Crippen LogP contribution in [0.1, 0.15) is 28.8 Å². The number of alkyl halides is 3. The van der Waals surface area contributed by atoms with Gasteiger partial charge in [0.15, 0.2) is 23.1 Å². The number of rotatable bonds is 5. The van der Waals surface area contributed by atoms with Crippen molar-refractivity contribution in [3.8, 4) is 11.5 Å². The highest BCUT2D eigenvalue weighted by atomic mass is 35.5. The molecule has 5 rings (SSSR count). The number of imidazole rings is 2. The standard InChI is InChI=1S/C21H16ClF3N8O2/c1-9(30-20(34)17-15(22)16(28-8-29-17)19-26-4-5-27-19)12-7-14(35-33-12)18-31-11-3-2-10(21(23,24)25)6-13(11)32-18/h2-9,12,33H,1H3,(H,26,27)(H,30,34)(H,31,32)/t9-,12?/m1/s1. The van der Waals surface area contributed by atoms with Gasteiger partial charge in [0.25, 0.3) is 5.91 Å². The summed E-state index contributed by atoms with van der Waals surface area (Å²) in [6.07, 6.45) is 1.53. The molecular formula is C21H16ClF3N8O2. The van der Waals surface area contributed by atoms with E-state index in [1.807, 2.05) is 0 Å². The SMILES string of the molecule is C[C@@H](NC(=O)c1ncnc(-c2ncc[nH]2)c1Cl)C1C=C(c2nc3ccc(C(F)(F)F)cc3[nH]2)ON1. The largest absolute Gasteiger partial charge is 0.416 e.